The fourth-order valence-corrected chi connectivity index (χ4v) is 1.47. The number of hydrogen-bond acceptors (Lipinski definition) is 3. The molecule has 0 fully saturated rings. The van der Waals surface area contributed by atoms with E-state index in [1.165, 1.54) is 5.56 Å². The summed E-state index contributed by atoms with van der Waals surface area (Å²) < 4.78 is 5.09. The second-order valence-corrected chi connectivity index (χ2v) is 5.45. The molecule has 1 N–H and O–H groups in total. The zero-order valence-electron chi connectivity index (χ0n) is 12.1. The molecule has 1 amide bonds. The van der Waals surface area contributed by atoms with Crippen molar-refractivity contribution in [2.24, 2.45) is 5.10 Å². The number of benzene rings is 1. The monoisotopic (exact) mass is 262 g/mol. The molecule has 1 aromatic carbocycles. The van der Waals surface area contributed by atoms with Gasteiger partial charge in [-0.1, -0.05) is 30.3 Å². The molecule has 0 heterocycles. The molecule has 0 atom stereocenters. The molecule has 0 saturated carbocycles. The number of carbonyl (C=O) groups excluding carboxylic acids is 1. The highest BCUT2D eigenvalue weighted by molar-refractivity contribution is 5.83. The molecule has 4 nitrogen and oxygen atoms in total. The largest absolute Gasteiger partial charge is 0.443 e. The fraction of sp³-hybridized carbons (Fsp3) is 0.467. The van der Waals surface area contributed by atoms with Crippen molar-refractivity contribution in [3.8, 4) is 0 Å². The minimum Gasteiger partial charge on any atom is -0.443 e. The van der Waals surface area contributed by atoms with Crippen LogP contribution in [0, 0.1) is 0 Å². The molecule has 0 aliphatic heterocycles. The first-order chi connectivity index (χ1) is 8.87. The number of nitrogens with zero attached hydrogens (tertiary/aromatic N) is 1. The normalized spacial score (nSPS) is 12.1. The number of hydrogen-bond donors (Lipinski definition) is 1. The molecule has 4 heteroatoms. The highest BCUT2D eigenvalue weighted by atomic mass is 16.6. The summed E-state index contributed by atoms with van der Waals surface area (Å²) in [6, 6.07) is 10.2. The minimum absolute atomic E-state index is 0.502. The quantitative estimate of drug-likeness (QED) is 0.666. The van der Waals surface area contributed by atoms with Crippen molar-refractivity contribution in [1.82, 2.24) is 5.43 Å². The Kier molecular flexibility index (Phi) is 5.55. The van der Waals surface area contributed by atoms with Crippen LogP contribution >= 0.6 is 0 Å². The molecule has 0 bridgehead atoms. The molecule has 1 aromatic rings. The lowest BCUT2D eigenvalue weighted by molar-refractivity contribution is 0.0529. The van der Waals surface area contributed by atoms with Crippen molar-refractivity contribution in [2.75, 3.05) is 0 Å². The average molecular weight is 262 g/mol. The van der Waals surface area contributed by atoms with Crippen molar-refractivity contribution in [2.45, 2.75) is 46.1 Å². The highest BCUT2D eigenvalue weighted by Crippen LogP contribution is 2.06. The Labute approximate surface area is 114 Å². The third-order valence-electron chi connectivity index (χ3n) is 2.36. The van der Waals surface area contributed by atoms with Crippen LogP contribution in [0.4, 0.5) is 4.79 Å². The van der Waals surface area contributed by atoms with Crippen LogP contribution < -0.4 is 5.43 Å². The number of aryl methyl sites for hydroxylation is 1. The molecule has 19 heavy (non-hydrogen) atoms. The topological polar surface area (TPSA) is 50.7 Å². The van der Waals surface area contributed by atoms with Gasteiger partial charge in [0.1, 0.15) is 5.60 Å². The third kappa shape index (κ3) is 7.24. The number of hydrazone groups is 1. The van der Waals surface area contributed by atoms with E-state index in [0.29, 0.717) is 0 Å². The van der Waals surface area contributed by atoms with Gasteiger partial charge in [-0.2, -0.15) is 5.10 Å². The maximum Gasteiger partial charge on any atom is 0.428 e. The van der Waals surface area contributed by atoms with Crippen LogP contribution in [0.1, 0.15) is 39.7 Å². The SMILES string of the molecule is C/C(CCc1ccccc1)=N/NC(=O)OC(C)(C)C. The summed E-state index contributed by atoms with van der Waals surface area (Å²) in [6.07, 6.45) is 1.19. The summed E-state index contributed by atoms with van der Waals surface area (Å²) in [4.78, 5) is 11.4. The average Bonchev–Trinajstić information content (AvgIpc) is 2.33. The van der Waals surface area contributed by atoms with Crippen LogP contribution in [0.15, 0.2) is 35.4 Å². The van der Waals surface area contributed by atoms with E-state index in [2.05, 4.69) is 22.7 Å². The van der Waals surface area contributed by atoms with Gasteiger partial charge in [0.2, 0.25) is 0 Å². The number of ether oxygens (including phenoxy) is 1. The lowest BCUT2D eigenvalue weighted by atomic mass is 10.1. The van der Waals surface area contributed by atoms with Gasteiger partial charge < -0.3 is 4.74 Å². The first kappa shape index (κ1) is 15.2. The van der Waals surface area contributed by atoms with Crippen molar-refractivity contribution >= 4 is 11.8 Å². The molecule has 104 valence electrons. The van der Waals surface area contributed by atoms with Crippen LogP contribution in [-0.2, 0) is 11.2 Å². The summed E-state index contributed by atoms with van der Waals surface area (Å²) in [6.45, 7) is 7.34. The summed E-state index contributed by atoms with van der Waals surface area (Å²) in [5, 5.41) is 4.02. The first-order valence-corrected chi connectivity index (χ1v) is 6.43. The van der Waals surface area contributed by atoms with Gasteiger partial charge in [0.25, 0.3) is 0 Å². The zero-order chi connectivity index (χ0) is 14.3. The van der Waals surface area contributed by atoms with Gasteiger partial charge in [-0.05, 0) is 46.1 Å². The molecule has 0 spiro atoms. The van der Waals surface area contributed by atoms with Gasteiger partial charge in [0.15, 0.2) is 0 Å². The van der Waals surface area contributed by atoms with E-state index in [9.17, 15) is 4.79 Å². The first-order valence-electron chi connectivity index (χ1n) is 6.43. The summed E-state index contributed by atoms with van der Waals surface area (Å²) in [5.41, 5.74) is 4.03. The van der Waals surface area contributed by atoms with Gasteiger partial charge in [-0.15, -0.1) is 0 Å². The van der Waals surface area contributed by atoms with Gasteiger partial charge >= 0.3 is 6.09 Å². The van der Waals surface area contributed by atoms with Gasteiger partial charge in [-0.25, -0.2) is 10.2 Å². The van der Waals surface area contributed by atoms with Crippen molar-refractivity contribution in [3.05, 3.63) is 35.9 Å². The van der Waals surface area contributed by atoms with E-state index in [1.807, 2.05) is 45.9 Å². The van der Waals surface area contributed by atoms with Gasteiger partial charge in [0, 0.05) is 5.71 Å². The number of carbonyl (C=O) groups is 1. The Bertz CT molecular complexity index is 433. The Morgan fingerprint density at radius 3 is 2.47 bits per heavy atom. The van der Waals surface area contributed by atoms with Crippen LogP contribution in [-0.4, -0.2) is 17.4 Å². The van der Waals surface area contributed by atoms with Crippen LogP contribution in [0.2, 0.25) is 0 Å². The number of rotatable bonds is 4. The summed E-state index contributed by atoms with van der Waals surface area (Å²) in [5.74, 6) is 0. The molecule has 0 radical (unpaired) electrons. The van der Waals surface area contributed by atoms with Crippen LogP contribution in [0.3, 0.4) is 0 Å². The van der Waals surface area contributed by atoms with E-state index < -0.39 is 11.7 Å². The van der Waals surface area contributed by atoms with Crippen molar-refractivity contribution < 1.29 is 9.53 Å². The molecule has 0 aliphatic rings. The lowest BCUT2D eigenvalue weighted by Crippen LogP contribution is -2.30. The molecule has 0 aromatic heterocycles. The maximum absolute atomic E-state index is 11.4. The van der Waals surface area contributed by atoms with E-state index >= 15 is 0 Å². The Morgan fingerprint density at radius 1 is 1.26 bits per heavy atom. The van der Waals surface area contributed by atoms with E-state index in [1.54, 1.807) is 0 Å². The van der Waals surface area contributed by atoms with Crippen molar-refractivity contribution in [1.29, 1.82) is 0 Å². The van der Waals surface area contributed by atoms with Crippen molar-refractivity contribution in [3.63, 3.8) is 0 Å². The molecule has 1 rings (SSSR count). The Morgan fingerprint density at radius 2 is 1.89 bits per heavy atom. The second-order valence-electron chi connectivity index (χ2n) is 5.45. The zero-order valence-corrected chi connectivity index (χ0v) is 12.1. The minimum atomic E-state index is -0.522. The van der Waals surface area contributed by atoms with Gasteiger partial charge in [0.05, 0.1) is 0 Å². The van der Waals surface area contributed by atoms with Gasteiger partial charge in [-0.3, -0.25) is 0 Å². The number of amides is 1. The van der Waals surface area contributed by atoms with E-state index in [-0.39, 0.29) is 0 Å². The van der Waals surface area contributed by atoms with E-state index in [0.717, 1.165) is 18.6 Å². The Balaban J connectivity index is 2.35. The molecule has 0 aliphatic carbocycles. The predicted octanol–water partition coefficient (Wildman–Crippen LogP) is 3.52. The highest BCUT2D eigenvalue weighted by Gasteiger charge is 2.15. The fourth-order valence-electron chi connectivity index (χ4n) is 1.47. The maximum atomic E-state index is 11.4. The van der Waals surface area contributed by atoms with E-state index in [4.69, 9.17) is 4.74 Å². The summed E-state index contributed by atoms with van der Waals surface area (Å²) >= 11 is 0. The third-order valence-corrected chi connectivity index (χ3v) is 2.36. The smallest absolute Gasteiger partial charge is 0.428 e. The predicted molar refractivity (Wildman–Crippen MR) is 77.2 cm³/mol. The summed E-state index contributed by atoms with van der Waals surface area (Å²) in [7, 11) is 0. The Hall–Kier alpha value is -1.84. The second kappa shape index (κ2) is 6.92. The standard InChI is InChI=1S/C15H22N2O2/c1-12(10-11-13-8-6-5-7-9-13)16-17-14(18)19-15(2,3)4/h5-9H,10-11H2,1-4H3,(H,17,18)/b16-12-. The van der Waals surface area contributed by atoms with Crippen LogP contribution in [0.25, 0.3) is 0 Å². The molecule has 0 saturated heterocycles. The lowest BCUT2D eigenvalue weighted by Gasteiger charge is -2.18. The molecular formula is C15H22N2O2. The number of nitrogens with one attached hydrogen (secondary N) is 1. The molecule has 0 unspecified atom stereocenters. The van der Waals surface area contributed by atoms with Crippen LogP contribution in [0.5, 0.6) is 0 Å². The molecular weight excluding hydrogens is 240 g/mol.